The molecule has 0 aliphatic carbocycles. The highest BCUT2D eigenvalue weighted by Gasteiger charge is 2.11. The number of nitrogens with zero attached hydrogens (tertiary/aromatic N) is 3. The van der Waals surface area contributed by atoms with Gasteiger partial charge in [0.1, 0.15) is 5.52 Å². The van der Waals surface area contributed by atoms with Crippen LogP contribution in [0.3, 0.4) is 0 Å². The number of carbonyl (C=O) groups excluding carboxylic acids is 1. The molecule has 0 aliphatic heterocycles. The second-order valence-corrected chi connectivity index (χ2v) is 7.61. The lowest BCUT2D eigenvalue weighted by atomic mass is 10.1. The van der Waals surface area contributed by atoms with Crippen molar-refractivity contribution < 1.29 is 4.79 Å². The fourth-order valence-corrected chi connectivity index (χ4v) is 3.94. The zero-order valence-electron chi connectivity index (χ0n) is 13.4. The summed E-state index contributed by atoms with van der Waals surface area (Å²) in [5, 5.41) is 7.46. The maximum atomic E-state index is 12.4. The molecule has 5 nitrogen and oxygen atoms in total. The third-order valence-electron chi connectivity index (χ3n) is 3.74. The van der Waals surface area contributed by atoms with Crippen LogP contribution in [0.25, 0.3) is 10.2 Å². The summed E-state index contributed by atoms with van der Waals surface area (Å²) in [6.07, 6.45) is 2.63. The van der Waals surface area contributed by atoms with E-state index in [4.69, 9.17) is 0 Å². The van der Waals surface area contributed by atoms with E-state index in [1.54, 1.807) is 12.1 Å². The Labute approximate surface area is 152 Å². The van der Waals surface area contributed by atoms with Crippen molar-refractivity contribution in [3.05, 3.63) is 70.2 Å². The molecule has 0 bridgehead atoms. The molecule has 0 spiro atoms. The first-order chi connectivity index (χ1) is 12.2. The van der Waals surface area contributed by atoms with Gasteiger partial charge in [0.25, 0.3) is 5.91 Å². The van der Waals surface area contributed by atoms with E-state index in [1.165, 1.54) is 34.0 Å². The van der Waals surface area contributed by atoms with Crippen LogP contribution in [0.5, 0.6) is 0 Å². The molecule has 0 radical (unpaired) electrons. The molecule has 0 saturated heterocycles. The SMILES string of the molecule is Cc1cccc(Cc2cnc(NC(=O)c3ccc4snnc4c3)s2)c1. The maximum absolute atomic E-state index is 12.4. The van der Waals surface area contributed by atoms with Crippen LogP contribution in [0.2, 0.25) is 0 Å². The van der Waals surface area contributed by atoms with E-state index in [0.29, 0.717) is 10.7 Å². The number of aromatic nitrogens is 3. The van der Waals surface area contributed by atoms with Gasteiger partial charge in [0.15, 0.2) is 5.13 Å². The largest absolute Gasteiger partial charge is 0.298 e. The lowest BCUT2D eigenvalue weighted by Gasteiger charge is -2.01. The Balaban J connectivity index is 1.47. The van der Waals surface area contributed by atoms with Gasteiger partial charge in [-0.1, -0.05) is 34.3 Å². The van der Waals surface area contributed by atoms with Crippen molar-refractivity contribution in [2.45, 2.75) is 13.3 Å². The molecule has 1 N–H and O–H groups in total. The Morgan fingerprint density at radius 3 is 3.00 bits per heavy atom. The minimum absolute atomic E-state index is 0.189. The summed E-state index contributed by atoms with van der Waals surface area (Å²) >= 11 is 2.81. The molecule has 25 heavy (non-hydrogen) atoms. The number of rotatable bonds is 4. The molecule has 2 aromatic carbocycles. The van der Waals surface area contributed by atoms with Crippen LogP contribution in [-0.4, -0.2) is 20.5 Å². The Morgan fingerprint density at radius 1 is 1.20 bits per heavy atom. The Hall–Kier alpha value is -2.64. The molecule has 0 fully saturated rings. The Morgan fingerprint density at radius 2 is 2.12 bits per heavy atom. The van der Waals surface area contributed by atoms with Crippen molar-refractivity contribution >= 4 is 44.1 Å². The number of anilines is 1. The Kier molecular flexibility index (Phi) is 4.25. The average Bonchev–Trinajstić information content (AvgIpc) is 3.23. The minimum atomic E-state index is -0.189. The van der Waals surface area contributed by atoms with Gasteiger partial charge in [-0.15, -0.1) is 16.4 Å². The zero-order valence-corrected chi connectivity index (χ0v) is 15.0. The van der Waals surface area contributed by atoms with Gasteiger partial charge in [0, 0.05) is 23.1 Å². The molecular weight excluding hydrogens is 352 g/mol. The van der Waals surface area contributed by atoms with Crippen molar-refractivity contribution in [3.8, 4) is 0 Å². The highest BCUT2D eigenvalue weighted by molar-refractivity contribution is 7.15. The van der Waals surface area contributed by atoms with Gasteiger partial charge in [-0.3, -0.25) is 10.1 Å². The summed E-state index contributed by atoms with van der Waals surface area (Å²) < 4.78 is 4.85. The van der Waals surface area contributed by atoms with E-state index in [1.807, 2.05) is 12.3 Å². The molecule has 0 unspecified atom stereocenters. The van der Waals surface area contributed by atoms with Crippen LogP contribution in [0.15, 0.2) is 48.7 Å². The number of fused-ring (bicyclic) bond motifs is 1. The van der Waals surface area contributed by atoms with Gasteiger partial charge in [-0.05, 0) is 42.2 Å². The van der Waals surface area contributed by atoms with Gasteiger partial charge in [-0.2, -0.15) is 0 Å². The monoisotopic (exact) mass is 366 g/mol. The zero-order chi connectivity index (χ0) is 17.2. The van der Waals surface area contributed by atoms with E-state index >= 15 is 0 Å². The molecule has 124 valence electrons. The van der Waals surface area contributed by atoms with Gasteiger partial charge >= 0.3 is 0 Å². The number of thiazole rings is 1. The van der Waals surface area contributed by atoms with Crippen LogP contribution in [0.1, 0.15) is 26.4 Å². The summed E-state index contributed by atoms with van der Waals surface area (Å²) in [4.78, 5) is 17.8. The van der Waals surface area contributed by atoms with E-state index in [-0.39, 0.29) is 5.91 Å². The second kappa shape index (κ2) is 6.70. The van der Waals surface area contributed by atoms with Crippen molar-refractivity contribution in [2.24, 2.45) is 0 Å². The molecule has 4 aromatic rings. The number of aryl methyl sites for hydroxylation is 1. The third-order valence-corrected chi connectivity index (χ3v) is 5.36. The van der Waals surface area contributed by atoms with Crippen molar-refractivity contribution in [2.75, 3.05) is 5.32 Å². The van der Waals surface area contributed by atoms with Crippen molar-refractivity contribution in [1.82, 2.24) is 14.6 Å². The number of amides is 1. The number of nitrogens with one attached hydrogen (secondary N) is 1. The summed E-state index contributed by atoms with van der Waals surface area (Å²) in [5.41, 5.74) is 3.76. The fourth-order valence-electron chi connectivity index (χ4n) is 2.56. The summed E-state index contributed by atoms with van der Waals surface area (Å²) in [6.45, 7) is 2.08. The topological polar surface area (TPSA) is 67.8 Å². The van der Waals surface area contributed by atoms with Gasteiger partial charge in [0.05, 0.1) is 4.70 Å². The molecule has 2 aromatic heterocycles. The molecule has 0 saturated carbocycles. The lowest BCUT2D eigenvalue weighted by Crippen LogP contribution is -2.11. The predicted molar refractivity (Wildman–Crippen MR) is 101 cm³/mol. The molecule has 0 atom stereocenters. The van der Waals surface area contributed by atoms with Crippen molar-refractivity contribution in [3.63, 3.8) is 0 Å². The number of hydrogen-bond donors (Lipinski definition) is 1. The first-order valence-electron chi connectivity index (χ1n) is 7.71. The van der Waals surface area contributed by atoms with Gasteiger partial charge < -0.3 is 0 Å². The molecule has 2 heterocycles. The minimum Gasteiger partial charge on any atom is -0.298 e. The lowest BCUT2D eigenvalue weighted by molar-refractivity contribution is 0.102. The number of hydrogen-bond acceptors (Lipinski definition) is 6. The molecule has 1 amide bonds. The van der Waals surface area contributed by atoms with E-state index < -0.39 is 0 Å². The first kappa shape index (κ1) is 15.9. The standard InChI is InChI=1S/C18H14N4OS2/c1-11-3-2-4-12(7-11)8-14-10-19-18(24-14)20-17(23)13-5-6-16-15(9-13)21-22-25-16/h2-7,9-10H,8H2,1H3,(H,19,20,23). The van der Waals surface area contributed by atoms with Crippen LogP contribution in [-0.2, 0) is 6.42 Å². The summed E-state index contributed by atoms with van der Waals surface area (Å²) in [6, 6.07) is 13.8. The van der Waals surface area contributed by atoms with Gasteiger partial charge in [-0.25, -0.2) is 4.98 Å². The molecular formula is C18H14N4OS2. The van der Waals surface area contributed by atoms with E-state index in [9.17, 15) is 4.79 Å². The number of benzene rings is 2. The summed E-state index contributed by atoms with van der Waals surface area (Å²) in [5.74, 6) is -0.189. The smallest absolute Gasteiger partial charge is 0.257 e. The van der Waals surface area contributed by atoms with E-state index in [2.05, 4.69) is 51.1 Å². The molecule has 7 heteroatoms. The third kappa shape index (κ3) is 3.57. The fraction of sp³-hybridized carbons (Fsp3) is 0.111. The molecule has 4 rings (SSSR count). The van der Waals surface area contributed by atoms with Crippen LogP contribution < -0.4 is 5.32 Å². The average molecular weight is 366 g/mol. The van der Waals surface area contributed by atoms with Crippen molar-refractivity contribution in [1.29, 1.82) is 0 Å². The highest BCUT2D eigenvalue weighted by atomic mass is 32.1. The van der Waals surface area contributed by atoms with Crippen LogP contribution >= 0.6 is 22.9 Å². The quantitative estimate of drug-likeness (QED) is 0.585. The predicted octanol–water partition coefficient (Wildman–Crippen LogP) is 4.30. The van der Waals surface area contributed by atoms with Crippen LogP contribution in [0, 0.1) is 6.92 Å². The first-order valence-corrected chi connectivity index (χ1v) is 9.30. The van der Waals surface area contributed by atoms with Gasteiger partial charge in [0.2, 0.25) is 0 Å². The summed E-state index contributed by atoms with van der Waals surface area (Å²) in [7, 11) is 0. The van der Waals surface area contributed by atoms with Crippen LogP contribution in [0.4, 0.5) is 5.13 Å². The highest BCUT2D eigenvalue weighted by Crippen LogP contribution is 2.23. The van der Waals surface area contributed by atoms with E-state index in [0.717, 1.165) is 21.5 Å². The molecule has 0 aliphatic rings. The normalized spacial score (nSPS) is 10.9. The second-order valence-electron chi connectivity index (χ2n) is 5.71. The number of carbonyl (C=O) groups is 1. The Bertz CT molecular complexity index is 1050. The maximum Gasteiger partial charge on any atom is 0.257 e.